The molecular weight excluding hydrogens is 182 g/mol. The van der Waals surface area contributed by atoms with Crippen molar-refractivity contribution < 1.29 is 14.7 Å². The molecule has 0 aliphatic rings. The van der Waals surface area contributed by atoms with Gasteiger partial charge >= 0.3 is 5.97 Å². The third kappa shape index (κ3) is 2.20. The predicted molar refractivity (Wildman–Crippen MR) is 51.6 cm³/mol. The van der Waals surface area contributed by atoms with Gasteiger partial charge in [-0.15, -0.1) is 0 Å². The molecule has 1 aromatic rings. The van der Waals surface area contributed by atoms with E-state index in [1.807, 2.05) is 0 Å². The van der Waals surface area contributed by atoms with E-state index in [-0.39, 0.29) is 5.70 Å². The summed E-state index contributed by atoms with van der Waals surface area (Å²) in [6.07, 6.45) is 1.50. The van der Waals surface area contributed by atoms with Gasteiger partial charge in [0.2, 0.25) is 0 Å². The monoisotopic (exact) mass is 191 g/mol. The van der Waals surface area contributed by atoms with Crippen molar-refractivity contribution in [1.82, 2.24) is 0 Å². The summed E-state index contributed by atoms with van der Waals surface area (Å²) in [7, 11) is 0. The number of aldehydes is 1. The molecule has 0 aliphatic carbocycles. The minimum atomic E-state index is -1.14. The summed E-state index contributed by atoms with van der Waals surface area (Å²) < 4.78 is 0. The zero-order valence-corrected chi connectivity index (χ0v) is 7.31. The van der Waals surface area contributed by atoms with E-state index in [2.05, 4.69) is 0 Å². The SMILES string of the molecule is N/C(=C\C(=O)O)c1ccccc1C=O. The lowest BCUT2D eigenvalue weighted by atomic mass is 10.1. The summed E-state index contributed by atoms with van der Waals surface area (Å²) in [6, 6.07) is 6.54. The molecule has 0 radical (unpaired) electrons. The van der Waals surface area contributed by atoms with Gasteiger partial charge in [0.25, 0.3) is 0 Å². The van der Waals surface area contributed by atoms with E-state index in [1.165, 1.54) is 0 Å². The number of aliphatic carboxylic acids is 1. The van der Waals surface area contributed by atoms with Crippen LogP contribution in [0.2, 0.25) is 0 Å². The number of hydrogen-bond donors (Lipinski definition) is 2. The van der Waals surface area contributed by atoms with Crippen molar-refractivity contribution >= 4 is 18.0 Å². The highest BCUT2D eigenvalue weighted by Gasteiger charge is 2.04. The van der Waals surface area contributed by atoms with E-state index in [0.717, 1.165) is 6.08 Å². The van der Waals surface area contributed by atoms with Crippen LogP contribution in [-0.4, -0.2) is 17.4 Å². The van der Waals surface area contributed by atoms with Crippen LogP contribution in [0, 0.1) is 0 Å². The van der Waals surface area contributed by atoms with Gasteiger partial charge in [0, 0.05) is 22.9 Å². The van der Waals surface area contributed by atoms with Gasteiger partial charge < -0.3 is 10.8 Å². The number of benzene rings is 1. The van der Waals surface area contributed by atoms with Crippen LogP contribution in [0.1, 0.15) is 15.9 Å². The largest absolute Gasteiger partial charge is 0.478 e. The first-order valence-corrected chi connectivity index (χ1v) is 3.90. The Kier molecular flexibility index (Phi) is 3.01. The van der Waals surface area contributed by atoms with Crippen LogP contribution < -0.4 is 5.73 Å². The lowest BCUT2D eigenvalue weighted by molar-refractivity contribution is -0.131. The molecule has 0 saturated carbocycles. The number of carbonyl (C=O) groups is 2. The molecule has 0 saturated heterocycles. The topological polar surface area (TPSA) is 80.4 Å². The van der Waals surface area contributed by atoms with E-state index >= 15 is 0 Å². The summed E-state index contributed by atoms with van der Waals surface area (Å²) in [6.45, 7) is 0. The fourth-order valence-corrected chi connectivity index (χ4v) is 1.07. The van der Waals surface area contributed by atoms with E-state index in [0.29, 0.717) is 17.4 Å². The number of carboxylic acid groups (broad SMARTS) is 1. The van der Waals surface area contributed by atoms with Gasteiger partial charge in [-0.25, -0.2) is 4.79 Å². The zero-order chi connectivity index (χ0) is 10.6. The third-order valence-electron chi connectivity index (χ3n) is 1.68. The lowest BCUT2D eigenvalue weighted by Crippen LogP contribution is -2.03. The summed E-state index contributed by atoms with van der Waals surface area (Å²) in [5.41, 5.74) is 6.38. The molecule has 0 atom stereocenters. The molecule has 0 fully saturated rings. The Labute approximate surface area is 80.7 Å². The standard InChI is InChI=1S/C10H9NO3/c11-9(5-10(13)14)8-4-2-1-3-7(8)6-12/h1-6H,11H2,(H,13,14)/b9-5-. The second-order valence-corrected chi connectivity index (χ2v) is 2.64. The van der Waals surface area contributed by atoms with E-state index in [4.69, 9.17) is 10.8 Å². The smallest absolute Gasteiger partial charge is 0.330 e. The average Bonchev–Trinajstić information content (AvgIpc) is 2.16. The first kappa shape index (κ1) is 9.98. The Bertz CT molecular complexity index is 396. The van der Waals surface area contributed by atoms with Crippen molar-refractivity contribution in [2.45, 2.75) is 0 Å². The van der Waals surface area contributed by atoms with E-state index in [9.17, 15) is 9.59 Å². The molecule has 1 rings (SSSR count). The molecule has 0 aliphatic heterocycles. The number of carbonyl (C=O) groups excluding carboxylic acids is 1. The van der Waals surface area contributed by atoms with Crippen LogP contribution in [0.15, 0.2) is 30.3 Å². The summed E-state index contributed by atoms with van der Waals surface area (Å²) in [5.74, 6) is -1.14. The van der Waals surface area contributed by atoms with Crippen LogP contribution in [0.25, 0.3) is 5.70 Å². The maximum absolute atomic E-state index is 10.6. The number of rotatable bonds is 3. The summed E-state index contributed by atoms with van der Waals surface area (Å²) >= 11 is 0. The Balaban J connectivity index is 3.18. The van der Waals surface area contributed by atoms with E-state index < -0.39 is 5.97 Å². The third-order valence-corrected chi connectivity index (χ3v) is 1.68. The minimum absolute atomic E-state index is 0.0696. The van der Waals surface area contributed by atoms with Crippen LogP contribution >= 0.6 is 0 Å². The number of hydrogen-bond acceptors (Lipinski definition) is 3. The highest BCUT2D eigenvalue weighted by atomic mass is 16.4. The summed E-state index contributed by atoms with van der Waals surface area (Å²) in [5, 5.41) is 8.46. The Morgan fingerprint density at radius 2 is 2.00 bits per heavy atom. The molecule has 0 bridgehead atoms. The van der Waals surface area contributed by atoms with Gasteiger partial charge in [-0.2, -0.15) is 0 Å². The van der Waals surface area contributed by atoms with Crippen LogP contribution in [0.5, 0.6) is 0 Å². The van der Waals surface area contributed by atoms with Crippen molar-refractivity contribution in [3.63, 3.8) is 0 Å². The first-order chi connectivity index (χ1) is 6.65. The maximum Gasteiger partial charge on any atom is 0.330 e. The van der Waals surface area contributed by atoms with Crippen molar-refractivity contribution in [2.75, 3.05) is 0 Å². The highest BCUT2D eigenvalue weighted by Crippen LogP contribution is 2.12. The fourth-order valence-electron chi connectivity index (χ4n) is 1.07. The first-order valence-electron chi connectivity index (χ1n) is 3.90. The van der Waals surface area contributed by atoms with Crippen LogP contribution in [0.3, 0.4) is 0 Å². The lowest BCUT2D eigenvalue weighted by Gasteiger charge is -2.02. The predicted octanol–water partition coefficient (Wildman–Crippen LogP) is 0.883. The highest BCUT2D eigenvalue weighted by molar-refractivity contribution is 5.93. The van der Waals surface area contributed by atoms with Gasteiger partial charge in [0.15, 0.2) is 6.29 Å². The number of nitrogens with two attached hydrogens (primary N) is 1. The summed E-state index contributed by atoms with van der Waals surface area (Å²) in [4.78, 5) is 20.9. The van der Waals surface area contributed by atoms with Crippen LogP contribution in [-0.2, 0) is 4.79 Å². The van der Waals surface area contributed by atoms with Crippen molar-refractivity contribution in [3.8, 4) is 0 Å². The van der Waals surface area contributed by atoms with Gasteiger partial charge in [0.05, 0.1) is 0 Å². The molecular formula is C10H9NO3. The average molecular weight is 191 g/mol. The molecule has 0 heterocycles. The van der Waals surface area contributed by atoms with E-state index in [1.54, 1.807) is 24.3 Å². The molecule has 0 unspecified atom stereocenters. The van der Waals surface area contributed by atoms with Crippen molar-refractivity contribution in [3.05, 3.63) is 41.5 Å². The molecule has 72 valence electrons. The van der Waals surface area contributed by atoms with Gasteiger partial charge in [0.1, 0.15) is 0 Å². The fraction of sp³-hybridized carbons (Fsp3) is 0. The minimum Gasteiger partial charge on any atom is -0.478 e. The van der Waals surface area contributed by atoms with Gasteiger partial charge in [-0.3, -0.25) is 4.79 Å². The maximum atomic E-state index is 10.6. The zero-order valence-electron chi connectivity index (χ0n) is 7.31. The van der Waals surface area contributed by atoms with Gasteiger partial charge in [-0.1, -0.05) is 24.3 Å². The Morgan fingerprint density at radius 3 is 2.57 bits per heavy atom. The van der Waals surface area contributed by atoms with Crippen LogP contribution in [0.4, 0.5) is 0 Å². The molecule has 4 nitrogen and oxygen atoms in total. The Hall–Kier alpha value is -2.10. The molecule has 0 spiro atoms. The molecule has 3 N–H and O–H groups in total. The quantitative estimate of drug-likeness (QED) is 0.549. The molecule has 14 heavy (non-hydrogen) atoms. The Morgan fingerprint density at radius 1 is 1.36 bits per heavy atom. The van der Waals surface area contributed by atoms with Crippen molar-refractivity contribution in [2.24, 2.45) is 5.73 Å². The second kappa shape index (κ2) is 4.23. The normalized spacial score (nSPS) is 11.0. The number of carboxylic acids is 1. The molecule has 0 aromatic heterocycles. The molecule has 0 amide bonds. The van der Waals surface area contributed by atoms with Gasteiger partial charge in [-0.05, 0) is 0 Å². The molecule has 4 heteroatoms. The second-order valence-electron chi connectivity index (χ2n) is 2.64. The molecule has 1 aromatic carbocycles. The van der Waals surface area contributed by atoms with Crippen molar-refractivity contribution in [1.29, 1.82) is 0 Å².